The summed E-state index contributed by atoms with van der Waals surface area (Å²) in [4.78, 5) is 4.73. The van der Waals surface area contributed by atoms with Gasteiger partial charge in [0.1, 0.15) is 17.1 Å². The van der Waals surface area contributed by atoms with Crippen LogP contribution in [0.25, 0.3) is 11.0 Å². The fourth-order valence-electron chi connectivity index (χ4n) is 3.10. The normalized spacial score (nSPS) is 15.8. The van der Waals surface area contributed by atoms with E-state index in [4.69, 9.17) is 21.3 Å². The molecule has 0 aliphatic heterocycles. The van der Waals surface area contributed by atoms with Gasteiger partial charge >= 0.3 is 0 Å². The van der Waals surface area contributed by atoms with Gasteiger partial charge in [0.25, 0.3) is 0 Å². The van der Waals surface area contributed by atoms with Crippen LogP contribution in [0.3, 0.4) is 0 Å². The number of para-hydroxylation sites is 1. The molecular weight excluding hydrogens is 272 g/mol. The van der Waals surface area contributed by atoms with Gasteiger partial charge in [-0.2, -0.15) is 0 Å². The van der Waals surface area contributed by atoms with Crippen molar-refractivity contribution in [2.45, 2.75) is 45.0 Å². The lowest BCUT2D eigenvalue weighted by molar-refractivity contribution is 0.306. The third-order valence-corrected chi connectivity index (χ3v) is 4.53. The molecule has 0 atom stereocenters. The maximum atomic E-state index is 6.14. The number of aromatic nitrogens is 2. The number of fused-ring (bicyclic) bond motifs is 1. The lowest BCUT2D eigenvalue weighted by Gasteiger charge is -2.29. The molecule has 1 heterocycles. The highest BCUT2D eigenvalue weighted by atomic mass is 35.5. The van der Waals surface area contributed by atoms with Crippen molar-refractivity contribution in [2.75, 3.05) is 6.61 Å². The van der Waals surface area contributed by atoms with Crippen LogP contribution in [-0.4, -0.2) is 16.2 Å². The quantitative estimate of drug-likeness (QED) is 0.768. The first kappa shape index (κ1) is 13.7. The van der Waals surface area contributed by atoms with E-state index in [1.54, 1.807) is 0 Å². The summed E-state index contributed by atoms with van der Waals surface area (Å²) in [6.07, 6.45) is 2.58. The topological polar surface area (TPSA) is 27.1 Å². The van der Waals surface area contributed by atoms with Crippen molar-refractivity contribution >= 4 is 22.6 Å². The third-order valence-electron chi connectivity index (χ3n) is 4.29. The van der Waals surface area contributed by atoms with Crippen LogP contribution in [0.15, 0.2) is 18.2 Å². The molecule has 1 fully saturated rings. The Kier molecular flexibility index (Phi) is 3.41. The van der Waals surface area contributed by atoms with Crippen molar-refractivity contribution in [2.24, 2.45) is 5.92 Å². The van der Waals surface area contributed by atoms with Gasteiger partial charge in [-0.15, -0.1) is 11.6 Å². The Morgan fingerprint density at radius 3 is 2.75 bits per heavy atom. The number of hydrogen-bond acceptors (Lipinski definition) is 2. The number of benzene rings is 1. The molecule has 1 saturated carbocycles. The monoisotopic (exact) mass is 292 g/mol. The number of hydrogen-bond donors (Lipinski definition) is 0. The van der Waals surface area contributed by atoms with Crippen LogP contribution < -0.4 is 4.74 Å². The highest BCUT2D eigenvalue weighted by Gasteiger charge is 2.41. The van der Waals surface area contributed by atoms with Gasteiger partial charge in [0.2, 0.25) is 0 Å². The van der Waals surface area contributed by atoms with E-state index < -0.39 is 0 Å². The zero-order chi connectivity index (χ0) is 14.3. The van der Waals surface area contributed by atoms with Gasteiger partial charge in [0.05, 0.1) is 18.0 Å². The Hall–Kier alpha value is -1.22. The summed E-state index contributed by atoms with van der Waals surface area (Å²) in [5, 5.41) is 0. The molecule has 0 bridgehead atoms. The lowest BCUT2D eigenvalue weighted by atomic mass is 9.97. The second-order valence-corrected chi connectivity index (χ2v) is 6.25. The largest absolute Gasteiger partial charge is 0.492 e. The number of ether oxygens (including phenoxy) is 1. The number of alkyl halides is 1. The van der Waals surface area contributed by atoms with E-state index in [-0.39, 0.29) is 5.54 Å². The second kappa shape index (κ2) is 4.96. The molecule has 0 unspecified atom stereocenters. The molecule has 2 aromatic rings. The van der Waals surface area contributed by atoms with E-state index >= 15 is 0 Å². The summed E-state index contributed by atoms with van der Waals surface area (Å²) >= 11 is 6.14. The Balaban J connectivity index is 2.22. The van der Waals surface area contributed by atoms with Crippen molar-refractivity contribution in [3.63, 3.8) is 0 Å². The summed E-state index contributed by atoms with van der Waals surface area (Å²) in [5.41, 5.74) is 2.12. The minimum atomic E-state index is 0.0593. The Morgan fingerprint density at radius 1 is 1.40 bits per heavy atom. The zero-order valence-electron chi connectivity index (χ0n) is 12.3. The maximum Gasteiger partial charge on any atom is 0.147 e. The third kappa shape index (κ3) is 2.08. The highest BCUT2D eigenvalue weighted by molar-refractivity contribution is 6.16. The summed E-state index contributed by atoms with van der Waals surface area (Å²) in [5.74, 6) is 2.93. The number of imidazole rings is 1. The van der Waals surface area contributed by atoms with Gasteiger partial charge in [0, 0.05) is 5.54 Å². The van der Waals surface area contributed by atoms with E-state index in [0.29, 0.717) is 12.5 Å². The first-order valence-electron chi connectivity index (χ1n) is 7.29. The van der Waals surface area contributed by atoms with Crippen molar-refractivity contribution < 1.29 is 4.74 Å². The lowest BCUT2D eigenvalue weighted by Crippen LogP contribution is -2.30. The summed E-state index contributed by atoms with van der Waals surface area (Å²) in [7, 11) is 0. The molecule has 4 heteroatoms. The highest BCUT2D eigenvalue weighted by Crippen LogP contribution is 2.46. The van der Waals surface area contributed by atoms with Gasteiger partial charge < -0.3 is 9.30 Å². The minimum absolute atomic E-state index is 0.0593. The number of halogens is 1. The van der Waals surface area contributed by atoms with E-state index in [9.17, 15) is 0 Å². The maximum absolute atomic E-state index is 6.14. The van der Waals surface area contributed by atoms with Crippen LogP contribution in [0, 0.1) is 5.92 Å². The molecule has 0 saturated heterocycles. The van der Waals surface area contributed by atoms with Gasteiger partial charge in [-0.25, -0.2) is 4.98 Å². The molecule has 0 N–H and O–H groups in total. The number of nitrogens with zero attached hydrogens (tertiary/aromatic N) is 2. The van der Waals surface area contributed by atoms with Gasteiger partial charge in [-0.05, 0) is 51.7 Å². The van der Waals surface area contributed by atoms with Crippen molar-refractivity contribution in [3.05, 3.63) is 24.0 Å². The van der Waals surface area contributed by atoms with Crippen LogP contribution in [0.5, 0.6) is 5.75 Å². The number of rotatable bonds is 5. The van der Waals surface area contributed by atoms with Crippen molar-refractivity contribution in [1.82, 2.24) is 9.55 Å². The standard InChI is InChI=1S/C16H21ClN2O/c1-4-20-13-7-5-6-12-15(13)18-14(10-17)19(12)16(2,3)11-8-9-11/h5-7,11H,4,8-10H2,1-3H3. The molecule has 3 nitrogen and oxygen atoms in total. The van der Waals surface area contributed by atoms with Gasteiger partial charge in [0.15, 0.2) is 0 Å². The fourth-order valence-corrected chi connectivity index (χ4v) is 3.28. The van der Waals surface area contributed by atoms with E-state index in [1.807, 2.05) is 19.1 Å². The predicted molar refractivity (Wildman–Crippen MR) is 82.5 cm³/mol. The van der Waals surface area contributed by atoms with Crippen molar-refractivity contribution in [3.8, 4) is 5.75 Å². The molecule has 0 radical (unpaired) electrons. The average molecular weight is 293 g/mol. The molecule has 0 spiro atoms. The minimum Gasteiger partial charge on any atom is -0.492 e. The van der Waals surface area contributed by atoms with Crippen molar-refractivity contribution in [1.29, 1.82) is 0 Å². The fraction of sp³-hybridized carbons (Fsp3) is 0.562. The molecule has 1 aromatic carbocycles. The SMILES string of the molecule is CCOc1cccc2c1nc(CCl)n2C(C)(C)C1CC1. The Morgan fingerprint density at radius 2 is 2.15 bits per heavy atom. The van der Waals surface area contributed by atoms with Crippen LogP contribution in [-0.2, 0) is 11.4 Å². The molecule has 1 aromatic heterocycles. The van der Waals surface area contributed by atoms with E-state index in [1.165, 1.54) is 12.8 Å². The van der Waals surface area contributed by atoms with E-state index in [0.717, 1.165) is 28.5 Å². The predicted octanol–water partition coefficient (Wildman–Crippen LogP) is 4.32. The molecule has 108 valence electrons. The zero-order valence-corrected chi connectivity index (χ0v) is 13.1. The smallest absolute Gasteiger partial charge is 0.147 e. The second-order valence-electron chi connectivity index (χ2n) is 5.98. The first-order valence-corrected chi connectivity index (χ1v) is 7.82. The van der Waals surface area contributed by atoms with E-state index in [2.05, 4.69) is 24.5 Å². The summed E-state index contributed by atoms with van der Waals surface area (Å²) in [6, 6.07) is 6.13. The van der Waals surface area contributed by atoms with Crippen LogP contribution in [0.2, 0.25) is 0 Å². The molecule has 0 amide bonds. The van der Waals surface area contributed by atoms with Gasteiger partial charge in [-0.1, -0.05) is 6.07 Å². The van der Waals surface area contributed by atoms with Crippen LogP contribution >= 0.6 is 11.6 Å². The molecule has 20 heavy (non-hydrogen) atoms. The first-order chi connectivity index (χ1) is 9.59. The summed E-state index contributed by atoms with van der Waals surface area (Å²) < 4.78 is 8.02. The molecule has 1 aliphatic rings. The Bertz CT molecular complexity index is 629. The Labute approximate surface area is 124 Å². The van der Waals surface area contributed by atoms with Crippen LogP contribution in [0.4, 0.5) is 0 Å². The van der Waals surface area contributed by atoms with Crippen LogP contribution in [0.1, 0.15) is 39.4 Å². The molecule has 3 rings (SSSR count). The average Bonchev–Trinajstić information content (AvgIpc) is 3.20. The summed E-state index contributed by atoms with van der Waals surface area (Å²) in [6.45, 7) is 7.21. The molecule has 1 aliphatic carbocycles. The van der Waals surface area contributed by atoms with Gasteiger partial charge in [-0.3, -0.25) is 0 Å². The molecular formula is C16H21ClN2O.